The van der Waals surface area contributed by atoms with Crippen LogP contribution in [0.2, 0.25) is 0 Å². The minimum absolute atomic E-state index is 0.398. The molecule has 0 saturated heterocycles. The Morgan fingerprint density at radius 2 is 2.08 bits per heavy atom. The molecule has 1 aromatic carbocycles. The fraction of sp³-hybridized carbons (Fsp3) is 0.400. The maximum absolute atomic E-state index is 5.73. The number of benzene rings is 1. The smallest absolute Gasteiger partial charge is 0.144 e. The average Bonchev–Trinajstić information content (AvgIpc) is 2.12. The number of hydrogen-bond donors (Lipinski definition) is 2. The fourth-order valence-corrected chi connectivity index (χ4v) is 1.36. The van der Waals surface area contributed by atoms with Crippen LogP contribution in [0, 0.1) is 0 Å². The highest BCUT2D eigenvalue weighted by Crippen LogP contribution is 2.29. The van der Waals surface area contributed by atoms with E-state index in [0.717, 1.165) is 11.4 Å². The lowest BCUT2D eigenvalue weighted by Crippen LogP contribution is -2.25. The summed E-state index contributed by atoms with van der Waals surface area (Å²) >= 11 is 0. The van der Waals surface area contributed by atoms with Gasteiger partial charge in [-0.25, -0.2) is 0 Å². The highest BCUT2D eigenvalue weighted by atomic mass is 16.5. The van der Waals surface area contributed by atoms with Gasteiger partial charge >= 0.3 is 0 Å². The van der Waals surface area contributed by atoms with E-state index in [-0.39, 0.29) is 0 Å². The van der Waals surface area contributed by atoms with Crippen molar-refractivity contribution in [2.45, 2.75) is 25.4 Å². The van der Waals surface area contributed by atoms with Gasteiger partial charge in [0.1, 0.15) is 5.75 Å². The van der Waals surface area contributed by atoms with Gasteiger partial charge in [-0.1, -0.05) is 12.1 Å². The Kier molecular flexibility index (Phi) is 2.36. The molecule has 1 saturated carbocycles. The summed E-state index contributed by atoms with van der Waals surface area (Å²) in [5, 5.41) is 0. The normalized spacial score (nSPS) is 16.4. The van der Waals surface area contributed by atoms with Crippen molar-refractivity contribution in [2.24, 2.45) is 5.84 Å². The van der Waals surface area contributed by atoms with Crippen molar-refractivity contribution in [1.29, 1.82) is 0 Å². The van der Waals surface area contributed by atoms with Crippen molar-refractivity contribution in [1.82, 2.24) is 0 Å². The lowest BCUT2D eigenvalue weighted by molar-refractivity contribution is 0.121. The summed E-state index contributed by atoms with van der Waals surface area (Å²) in [6.07, 6.45) is 4.01. The molecule has 70 valence electrons. The van der Waals surface area contributed by atoms with E-state index in [2.05, 4.69) is 5.43 Å². The van der Waals surface area contributed by atoms with Gasteiger partial charge in [-0.2, -0.15) is 0 Å². The molecule has 0 atom stereocenters. The Morgan fingerprint density at radius 3 is 2.69 bits per heavy atom. The molecular formula is C10H14N2O. The highest BCUT2D eigenvalue weighted by molar-refractivity contribution is 5.55. The van der Waals surface area contributed by atoms with Gasteiger partial charge in [-0.15, -0.1) is 0 Å². The number of nitrogens with two attached hydrogens (primary N) is 1. The van der Waals surface area contributed by atoms with Crippen molar-refractivity contribution in [3.63, 3.8) is 0 Å². The predicted molar refractivity (Wildman–Crippen MR) is 52.5 cm³/mol. The van der Waals surface area contributed by atoms with Crippen LogP contribution in [0.4, 0.5) is 5.69 Å². The number of hydrogen-bond acceptors (Lipinski definition) is 3. The predicted octanol–water partition coefficient (Wildman–Crippen LogP) is 1.90. The first-order valence-electron chi connectivity index (χ1n) is 4.62. The van der Waals surface area contributed by atoms with E-state index in [9.17, 15) is 0 Å². The number of nitrogen functional groups attached to an aromatic ring is 1. The Morgan fingerprint density at radius 1 is 1.31 bits per heavy atom. The second-order valence-corrected chi connectivity index (χ2v) is 3.31. The summed E-state index contributed by atoms with van der Waals surface area (Å²) in [4.78, 5) is 0. The second kappa shape index (κ2) is 3.66. The number of hydrazine groups is 1. The van der Waals surface area contributed by atoms with Crippen molar-refractivity contribution in [2.75, 3.05) is 5.43 Å². The van der Waals surface area contributed by atoms with Gasteiger partial charge in [0.05, 0.1) is 11.8 Å². The van der Waals surface area contributed by atoms with Crippen LogP contribution in [-0.2, 0) is 0 Å². The van der Waals surface area contributed by atoms with Gasteiger partial charge in [0, 0.05) is 0 Å². The van der Waals surface area contributed by atoms with E-state index in [1.165, 1.54) is 19.3 Å². The number of nitrogens with one attached hydrogen (secondary N) is 1. The molecule has 3 heteroatoms. The van der Waals surface area contributed by atoms with Crippen LogP contribution in [0.15, 0.2) is 24.3 Å². The van der Waals surface area contributed by atoms with Crippen LogP contribution < -0.4 is 16.0 Å². The van der Waals surface area contributed by atoms with Gasteiger partial charge in [0.25, 0.3) is 0 Å². The Bertz CT molecular complexity index is 284. The van der Waals surface area contributed by atoms with Crippen molar-refractivity contribution >= 4 is 5.69 Å². The number of anilines is 1. The molecule has 0 unspecified atom stereocenters. The maximum atomic E-state index is 5.73. The molecule has 1 aliphatic rings. The third-order valence-electron chi connectivity index (χ3n) is 2.39. The molecule has 0 heterocycles. The minimum Gasteiger partial charge on any atom is -0.488 e. The van der Waals surface area contributed by atoms with Crippen LogP contribution in [0.25, 0.3) is 0 Å². The van der Waals surface area contributed by atoms with E-state index in [4.69, 9.17) is 10.6 Å². The first-order valence-corrected chi connectivity index (χ1v) is 4.62. The lowest BCUT2D eigenvalue weighted by Gasteiger charge is -2.27. The Labute approximate surface area is 77.9 Å². The molecule has 0 spiro atoms. The van der Waals surface area contributed by atoms with Crippen LogP contribution in [0.1, 0.15) is 19.3 Å². The molecule has 3 N–H and O–H groups in total. The summed E-state index contributed by atoms with van der Waals surface area (Å²) in [7, 11) is 0. The monoisotopic (exact) mass is 178 g/mol. The second-order valence-electron chi connectivity index (χ2n) is 3.31. The summed E-state index contributed by atoms with van der Waals surface area (Å²) < 4.78 is 5.73. The summed E-state index contributed by atoms with van der Waals surface area (Å²) in [5.74, 6) is 6.21. The first kappa shape index (κ1) is 8.38. The van der Waals surface area contributed by atoms with Crippen LogP contribution >= 0.6 is 0 Å². The van der Waals surface area contributed by atoms with E-state index >= 15 is 0 Å². The van der Waals surface area contributed by atoms with Crippen molar-refractivity contribution in [3.05, 3.63) is 24.3 Å². The van der Waals surface area contributed by atoms with E-state index in [1.807, 2.05) is 24.3 Å². The maximum Gasteiger partial charge on any atom is 0.144 e. The largest absolute Gasteiger partial charge is 0.488 e. The minimum atomic E-state index is 0.398. The molecular weight excluding hydrogens is 164 g/mol. The average molecular weight is 178 g/mol. The SMILES string of the molecule is NNc1ccccc1OC1CCC1. The molecule has 0 aromatic heterocycles. The van der Waals surface area contributed by atoms with Gasteiger partial charge in [-0.3, -0.25) is 5.84 Å². The van der Waals surface area contributed by atoms with E-state index < -0.39 is 0 Å². The fourth-order valence-electron chi connectivity index (χ4n) is 1.36. The van der Waals surface area contributed by atoms with E-state index in [1.54, 1.807) is 0 Å². The van der Waals surface area contributed by atoms with Crippen LogP contribution in [-0.4, -0.2) is 6.10 Å². The van der Waals surface area contributed by atoms with Gasteiger partial charge in [0.15, 0.2) is 0 Å². The topological polar surface area (TPSA) is 47.3 Å². The summed E-state index contributed by atoms with van der Waals surface area (Å²) in [6, 6.07) is 7.74. The first-order chi connectivity index (χ1) is 6.40. The van der Waals surface area contributed by atoms with Gasteiger partial charge in [-0.05, 0) is 31.4 Å². The summed E-state index contributed by atoms with van der Waals surface area (Å²) in [5.41, 5.74) is 3.48. The molecule has 0 amide bonds. The van der Waals surface area contributed by atoms with Gasteiger partial charge in [0.2, 0.25) is 0 Å². The van der Waals surface area contributed by atoms with Gasteiger partial charge < -0.3 is 10.2 Å². The molecule has 1 aromatic rings. The zero-order valence-corrected chi connectivity index (χ0v) is 7.49. The lowest BCUT2D eigenvalue weighted by atomic mass is 9.96. The molecule has 0 radical (unpaired) electrons. The molecule has 1 fully saturated rings. The molecule has 0 aliphatic heterocycles. The molecule has 0 bridgehead atoms. The third-order valence-corrected chi connectivity index (χ3v) is 2.39. The molecule has 13 heavy (non-hydrogen) atoms. The van der Waals surface area contributed by atoms with Crippen molar-refractivity contribution < 1.29 is 4.74 Å². The Balaban J connectivity index is 2.08. The number of para-hydroxylation sites is 2. The van der Waals surface area contributed by atoms with Crippen LogP contribution in [0.5, 0.6) is 5.75 Å². The number of ether oxygens (including phenoxy) is 1. The van der Waals surface area contributed by atoms with Crippen molar-refractivity contribution in [3.8, 4) is 5.75 Å². The third kappa shape index (κ3) is 1.75. The standard InChI is InChI=1S/C10H14N2O/c11-12-9-6-1-2-7-10(9)13-8-4-3-5-8/h1-2,6-8,12H,3-5,11H2. The number of rotatable bonds is 3. The zero-order chi connectivity index (χ0) is 9.10. The summed E-state index contributed by atoms with van der Waals surface area (Å²) in [6.45, 7) is 0. The molecule has 2 rings (SSSR count). The van der Waals surface area contributed by atoms with Crippen LogP contribution in [0.3, 0.4) is 0 Å². The van der Waals surface area contributed by atoms with E-state index in [0.29, 0.717) is 6.10 Å². The Hall–Kier alpha value is -1.22. The molecule has 3 nitrogen and oxygen atoms in total. The quantitative estimate of drug-likeness (QED) is 0.549. The zero-order valence-electron chi connectivity index (χ0n) is 7.49. The highest BCUT2D eigenvalue weighted by Gasteiger charge is 2.19. The molecule has 1 aliphatic carbocycles.